The van der Waals surface area contributed by atoms with Gasteiger partial charge in [0, 0.05) is 6.42 Å². The largest absolute Gasteiger partial charge is 0.457 e. The van der Waals surface area contributed by atoms with Gasteiger partial charge in [-0.25, -0.2) is 4.79 Å². The maximum Gasteiger partial charge on any atom is 0.348 e. The summed E-state index contributed by atoms with van der Waals surface area (Å²) in [5, 5.41) is 0. The quantitative estimate of drug-likeness (QED) is 0.739. The molecule has 126 valence electrons. The Labute approximate surface area is 133 Å². The van der Waals surface area contributed by atoms with Gasteiger partial charge in [-0.05, 0) is 44.9 Å². The molecule has 1 saturated heterocycles. The van der Waals surface area contributed by atoms with Gasteiger partial charge in [-0.3, -0.25) is 4.79 Å². The van der Waals surface area contributed by atoms with Gasteiger partial charge in [0.25, 0.3) is 0 Å². The van der Waals surface area contributed by atoms with Crippen LogP contribution in [0, 0.1) is 11.3 Å². The number of carbonyl (C=O) groups is 2. The third-order valence-corrected chi connectivity index (χ3v) is 5.25. The number of rotatable bonds is 3. The van der Waals surface area contributed by atoms with Gasteiger partial charge in [-0.15, -0.1) is 0 Å². The molecule has 0 amide bonds. The molecule has 1 aliphatic carbocycles. The highest BCUT2D eigenvalue weighted by molar-refractivity contribution is 5.80. The van der Waals surface area contributed by atoms with E-state index in [2.05, 4.69) is 0 Å². The van der Waals surface area contributed by atoms with E-state index in [1.54, 1.807) is 0 Å². The summed E-state index contributed by atoms with van der Waals surface area (Å²) in [6, 6.07) is 0. The lowest BCUT2D eigenvalue weighted by Crippen LogP contribution is -2.35. The fraction of sp³-hybridized carbons (Fsp3) is 0.889. The Balaban J connectivity index is 2.17. The SMILES string of the molecule is CCC(C)C(=O)OC1CC2(CCCCC2)CC(C)(C)OC1=O. The van der Waals surface area contributed by atoms with Crippen LogP contribution in [0.3, 0.4) is 0 Å². The van der Waals surface area contributed by atoms with Crippen LogP contribution in [0.25, 0.3) is 0 Å². The molecular formula is C18H30O4. The minimum absolute atomic E-state index is 0.0777. The Bertz CT molecular complexity index is 421. The van der Waals surface area contributed by atoms with Crippen molar-refractivity contribution in [1.82, 2.24) is 0 Å². The second-order valence-electron chi connectivity index (χ2n) is 7.86. The van der Waals surface area contributed by atoms with Crippen molar-refractivity contribution in [3.05, 3.63) is 0 Å². The molecule has 22 heavy (non-hydrogen) atoms. The number of ether oxygens (including phenoxy) is 2. The van der Waals surface area contributed by atoms with Crippen molar-refractivity contribution in [2.45, 2.75) is 90.8 Å². The summed E-state index contributed by atoms with van der Waals surface area (Å²) in [4.78, 5) is 24.5. The molecule has 0 N–H and O–H groups in total. The van der Waals surface area contributed by atoms with Crippen LogP contribution in [-0.4, -0.2) is 23.6 Å². The van der Waals surface area contributed by atoms with E-state index in [-0.39, 0.29) is 23.3 Å². The van der Waals surface area contributed by atoms with Crippen LogP contribution >= 0.6 is 0 Å². The third kappa shape index (κ3) is 4.02. The van der Waals surface area contributed by atoms with Crippen LogP contribution in [0.1, 0.15) is 79.1 Å². The van der Waals surface area contributed by atoms with Crippen molar-refractivity contribution in [2.24, 2.45) is 11.3 Å². The zero-order valence-corrected chi connectivity index (χ0v) is 14.4. The second-order valence-corrected chi connectivity index (χ2v) is 7.86. The number of carbonyl (C=O) groups excluding carboxylic acids is 2. The highest BCUT2D eigenvalue weighted by Gasteiger charge is 2.47. The van der Waals surface area contributed by atoms with E-state index in [1.807, 2.05) is 27.7 Å². The van der Waals surface area contributed by atoms with Gasteiger partial charge in [0.1, 0.15) is 5.60 Å². The van der Waals surface area contributed by atoms with Gasteiger partial charge in [0.2, 0.25) is 0 Å². The van der Waals surface area contributed by atoms with E-state index >= 15 is 0 Å². The predicted molar refractivity (Wildman–Crippen MR) is 84.3 cm³/mol. The molecular weight excluding hydrogens is 280 g/mol. The van der Waals surface area contributed by atoms with E-state index in [0.717, 1.165) is 25.7 Å². The van der Waals surface area contributed by atoms with Crippen molar-refractivity contribution in [3.63, 3.8) is 0 Å². The van der Waals surface area contributed by atoms with Gasteiger partial charge in [-0.2, -0.15) is 0 Å². The minimum Gasteiger partial charge on any atom is -0.457 e. The first-order chi connectivity index (χ1) is 10.3. The standard InChI is InChI=1S/C18H30O4/c1-5-13(2)15(19)21-14-11-18(9-7-6-8-10-18)12-17(3,4)22-16(14)20/h13-14H,5-12H2,1-4H3. The van der Waals surface area contributed by atoms with Gasteiger partial charge in [0.05, 0.1) is 5.92 Å². The molecule has 0 aromatic heterocycles. The van der Waals surface area contributed by atoms with Gasteiger partial charge >= 0.3 is 11.9 Å². The molecule has 4 heteroatoms. The van der Waals surface area contributed by atoms with Crippen molar-refractivity contribution >= 4 is 11.9 Å². The lowest BCUT2D eigenvalue weighted by molar-refractivity contribution is -0.176. The Hall–Kier alpha value is -1.06. The summed E-state index contributed by atoms with van der Waals surface area (Å²) in [7, 11) is 0. The first-order valence-electron chi connectivity index (χ1n) is 8.70. The van der Waals surface area contributed by atoms with Crippen LogP contribution in [0.4, 0.5) is 0 Å². The molecule has 1 saturated carbocycles. The van der Waals surface area contributed by atoms with Crippen molar-refractivity contribution in [3.8, 4) is 0 Å². The minimum atomic E-state index is -0.735. The number of esters is 2. The molecule has 1 heterocycles. The zero-order valence-electron chi connectivity index (χ0n) is 14.4. The summed E-state index contributed by atoms with van der Waals surface area (Å²) in [5.74, 6) is -0.828. The average Bonchev–Trinajstić information content (AvgIpc) is 2.53. The molecule has 0 aromatic rings. The van der Waals surface area contributed by atoms with E-state index in [1.165, 1.54) is 19.3 Å². The van der Waals surface area contributed by atoms with Crippen LogP contribution in [0.5, 0.6) is 0 Å². The molecule has 2 fully saturated rings. The smallest absolute Gasteiger partial charge is 0.348 e. The number of hydrogen-bond acceptors (Lipinski definition) is 4. The molecule has 0 aromatic carbocycles. The second kappa shape index (κ2) is 6.59. The van der Waals surface area contributed by atoms with Crippen LogP contribution in [0.15, 0.2) is 0 Å². The highest BCUT2D eigenvalue weighted by Crippen LogP contribution is 2.49. The van der Waals surface area contributed by atoms with Crippen molar-refractivity contribution in [2.75, 3.05) is 0 Å². The maximum atomic E-state index is 12.4. The number of hydrogen-bond donors (Lipinski definition) is 0. The summed E-state index contributed by atoms with van der Waals surface area (Å²) < 4.78 is 11.2. The molecule has 4 nitrogen and oxygen atoms in total. The Morgan fingerprint density at radius 3 is 2.55 bits per heavy atom. The highest BCUT2D eigenvalue weighted by atomic mass is 16.6. The van der Waals surface area contributed by atoms with Crippen LogP contribution in [-0.2, 0) is 19.1 Å². The Morgan fingerprint density at radius 1 is 1.32 bits per heavy atom. The van der Waals surface area contributed by atoms with E-state index in [4.69, 9.17) is 9.47 Å². The number of cyclic esters (lactones) is 1. The van der Waals surface area contributed by atoms with Gasteiger partial charge < -0.3 is 9.47 Å². The fourth-order valence-corrected chi connectivity index (χ4v) is 4.02. The molecule has 2 atom stereocenters. The molecule has 1 aliphatic heterocycles. The van der Waals surface area contributed by atoms with Crippen molar-refractivity contribution in [1.29, 1.82) is 0 Å². The molecule has 2 unspecified atom stereocenters. The van der Waals surface area contributed by atoms with E-state index < -0.39 is 11.7 Å². The average molecular weight is 310 g/mol. The normalized spacial score (nSPS) is 28.5. The van der Waals surface area contributed by atoms with Gasteiger partial charge in [-0.1, -0.05) is 33.1 Å². The molecule has 2 rings (SSSR count). The van der Waals surface area contributed by atoms with Crippen molar-refractivity contribution < 1.29 is 19.1 Å². The fourth-order valence-electron chi connectivity index (χ4n) is 4.02. The summed E-state index contributed by atoms with van der Waals surface area (Å²) >= 11 is 0. The molecule has 0 radical (unpaired) electrons. The molecule has 1 spiro atoms. The molecule has 2 aliphatic rings. The molecule has 0 bridgehead atoms. The van der Waals surface area contributed by atoms with Crippen LogP contribution < -0.4 is 0 Å². The van der Waals surface area contributed by atoms with E-state index in [9.17, 15) is 9.59 Å². The monoisotopic (exact) mass is 310 g/mol. The predicted octanol–water partition coefficient (Wildman–Crippen LogP) is 4.01. The summed E-state index contributed by atoms with van der Waals surface area (Å²) in [5.41, 5.74) is -0.403. The topological polar surface area (TPSA) is 52.6 Å². The van der Waals surface area contributed by atoms with Gasteiger partial charge in [0.15, 0.2) is 6.10 Å². The summed E-state index contributed by atoms with van der Waals surface area (Å²) in [6.07, 6.45) is 7.31. The third-order valence-electron chi connectivity index (χ3n) is 5.25. The van der Waals surface area contributed by atoms with E-state index in [0.29, 0.717) is 6.42 Å². The maximum absolute atomic E-state index is 12.4. The first kappa shape index (κ1) is 17.3. The zero-order chi connectivity index (χ0) is 16.4. The first-order valence-corrected chi connectivity index (χ1v) is 8.70. The lowest BCUT2D eigenvalue weighted by atomic mass is 9.66. The summed E-state index contributed by atoms with van der Waals surface area (Å²) in [6.45, 7) is 7.73. The Kier molecular flexibility index (Phi) is 5.18. The Morgan fingerprint density at radius 2 is 1.95 bits per heavy atom. The lowest BCUT2D eigenvalue weighted by Gasteiger charge is -2.40. The van der Waals surface area contributed by atoms with Crippen LogP contribution in [0.2, 0.25) is 0 Å².